The highest BCUT2D eigenvalue weighted by Crippen LogP contribution is 2.26. The van der Waals surface area contributed by atoms with Gasteiger partial charge in [0.05, 0.1) is 16.3 Å². The van der Waals surface area contributed by atoms with Gasteiger partial charge in [-0.05, 0) is 66.0 Å². The van der Waals surface area contributed by atoms with Crippen molar-refractivity contribution < 1.29 is 8.42 Å². The Kier molecular flexibility index (Phi) is 4.51. The van der Waals surface area contributed by atoms with Gasteiger partial charge in [0.1, 0.15) is 0 Å². The minimum Gasteiger partial charge on any atom is -0.397 e. The summed E-state index contributed by atoms with van der Waals surface area (Å²) >= 11 is 2.22. The molecule has 7 heteroatoms. The Morgan fingerprint density at radius 1 is 1.15 bits per heavy atom. The zero-order valence-corrected chi connectivity index (χ0v) is 13.7. The van der Waals surface area contributed by atoms with Crippen molar-refractivity contribution >= 4 is 49.7 Å². The van der Waals surface area contributed by atoms with E-state index in [1.165, 1.54) is 19.2 Å². The van der Waals surface area contributed by atoms with E-state index in [2.05, 4.69) is 32.6 Å². The summed E-state index contributed by atoms with van der Waals surface area (Å²) in [5, 5.41) is 3.16. The predicted molar refractivity (Wildman–Crippen MR) is 89.5 cm³/mol. The summed E-state index contributed by atoms with van der Waals surface area (Å²) in [4.78, 5) is 0.144. The van der Waals surface area contributed by atoms with E-state index in [0.29, 0.717) is 11.4 Å². The van der Waals surface area contributed by atoms with Gasteiger partial charge in [-0.3, -0.25) is 0 Å². The summed E-state index contributed by atoms with van der Waals surface area (Å²) < 4.78 is 26.7. The summed E-state index contributed by atoms with van der Waals surface area (Å²) in [6.07, 6.45) is 0. The molecule has 0 heterocycles. The second-order valence-corrected chi connectivity index (χ2v) is 7.22. The van der Waals surface area contributed by atoms with E-state index in [-0.39, 0.29) is 4.90 Å². The molecular weight excluding hydrogens is 389 g/mol. The molecule has 106 valence electrons. The number of benzene rings is 2. The van der Waals surface area contributed by atoms with Crippen LogP contribution in [0.25, 0.3) is 0 Å². The highest BCUT2D eigenvalue weighted by atomic mass is 127. The Morgan fingerprint density at radius 3 is 2.50 bits per heavy atom. The van der Waals surface area contributed by atoms with Crippen molar-refractivity contribution in [1.82, 2.24) is 4.72 Å². The topological polar surface area (TPSA) is 84.2 Å². The van der Waals surface area contributed by atoms with Crippen molar-refractivity contribution in [2.75, 3.05) is 18.1 Å². The van der Waals surface area contributed by atoms with Gasteiger partial charge in [0.25, 0.3) is 0 Å². The molecule has 0 aliphatic heterocycles. The quantitative estimate of drug-likeness (QED) is 0.541. The molecule has 2 rings (SSSR count). The fourth-order valence-electron chi connectivity index (χ4n) is 1.66. The van der Waals surface area contributed by atoms with E-state index in [1.54, 1.807) is 6.07 Å². The van der Waals surface area contributed by atoms with Crippen LogP contribution in [-0.4, -0.2) is 15.5 Å². The maximum absolute atomic E-state index is 11.7. The van der Waals surface area contributed by atoms with Gasteiger partial charge in [0, 0.05) is 9.26 Å². The van der Waals surface area contributed by atoms with Crippen LogP contribution in [0, 0.1) is 3.57 Å². The zero-order chi connectivity index (χ0) is 14.8. The van der Waals surface area contributed by atoms with Crippen molar-refractivity contribution in [3.8, 4) is 0 Å². The number of nitrogens with two attached hydrogens (primary N) is 1. The van der Waals surface area contributed by atoms with E-state index in [9.17, 15) is 8.42 Å². The Balaban J connectivity index is 2.31. The van der Waals surface area contributed by atoms with E-state index in [1.807, 2.05) is 24.3 Å². The average Bonchev–Trinajstić information content (AvgIpc) is 2.41. The van der Waals surface area contributed by atoms with Crippen LogP contribution in [0.3, 0.4) is 0 Å². The molecule has 0 aliphatic rings. The molecule has 0 amide bonds. The van der Waals surface area contributed by atoms with Crippen molar-refractivity contribution in [2.24, 2.45) is 0 Å². The molecule has 0 saturated carbocycles. The van der Waals surface area contributed by atoms with Gasteiger partial charge in [-0.1, -0.05) is 6.07 Å². The maximum Gasteiger partial charge on any atom is 0.240 e. The van der Waals surface area contributed by atoms with E-state index >= 15 is 0 Å². The van der Waals surface area contributed by atoms with Gasteiger partial charge in [-0.25, -0.2) is 13.1 Å². The molecule has 0 spiro atoms. The molecule has 20 heavy (non-hydrogen) atoms. The smallest absolute Gasteiger partial charge is 0.240 e. The molecule has 0 fully saturated rings. The molecule has 0 aliphatic carbocycles. The number of hydrogen-bond donors (Lipinski definition) is 3. The lowest BCUT2D eigenvalue weighted by molar-refractivity contribution is 0.588. The Morgan fingerprint density at radius 2 is 1.90 bits per heavy atom. The van der Waals surface area contributed by atoms with E-state index in [4.69, 9.17) is 5.73 Å². The first kappa shape index (κ1) is 15.1. The molecule has 0 unspecified atom stereocenters. The summed E-state index contributed by atoms with van der Waals surface area (Å²) in [7, 11) is -2.11. The Hall–Kier alpha value is -1.32. The van der Waals surface area contributed by atoms with Crippen molar-refractivity contribution in [1.29, 1.82) is 0 Å². The number of rotatable bonds is 4. The average molecular weight is 403 g/mol. The predicted octanol–water partition coefficient (Wildman–Crippen LogP) is 2.53. The first-order valence-electron chi connectivity index (χ1n) is 5.78. The maximum atomic E-state index is 11.7. The number of hydrogen-bond acceptors (Lipinski definition) is 4. The van der Waals surface area contributed by atoms with E-state index < -0.39 is 10.0 Å². The summed E-state index contributed by atoms with van der Waals surface area (Å²) in [5.74, 6) is 0. The second kappa shape index (κ2) is 5.98. The van der Waals surface area contributed by atoms with Crippen LogP contribution in [-0.2, 0) is 10.0 Å². The Bertz CT molecular complexity index is 732. The minimum absolute atomic E-state index is 0.144. The fraction of sp³-hybridized carbons (Fsp3) is 0.0769. The van der Waals surface area contributed by atoms with Crippen LogP contribution in [0.5, 0.6) is 0 Å². The molecule has 4 N–H and O–H groups in total. The summed E-state index contributed by atoms with van der Waals surface area (Å²) in [6, 6.07) is 12.4. The van der Waals surface area contributed by atoms with Gasteiger partial charge >= 0.3 is 0 Å². The fourth-order valence-corrected chi connectivity index (χ4v) is 2.97. The molecule has 0 saturated heterocycles. The first-order valence-corrected chi connectivity index (χ1v) is 8.34. The lowest BCUT2D eigenvalue weighted by atomic mass is 10.2. The van der Waals surface area contributed by atoms with Gasteiger partial charge in [0.2, 0.25) is 10.0 Å². The van der Waals surface area contributed by atoms with Crippen LogP contribution in [0.15, 0.2) is 47.4 Å². The van der Waals surface area contributed by atoms with Crippen molar-refractivity contribution in [3.63, 3.8) is 0 Å². The monoisotopic (exact) mass is 403 g/mol. The van der Waals surface area contributed by atoms with Crippen molar-refractivity contribution in [3.05, 3.63) is 46.0 Å². The third kappa shape index (κ3) is 3.41. The zero-order valence-electron chi connectivity index (χ0n) is 10.7. The molecule has 0 aromatic heterocycles. The molecule has 5 nitrogen and oxygen atoms in total. The molecule has 0 atom stereocenters. The summed E-state index contributed by atoms with van der Waals surface area (Å²) in [6.45, 7) is 0. The second-order valence-electron chi connectivity index (χ2n) is 4.09. The SMILES string of the molecule is CNS(=O)(=O)c1ccc(Nc2cccc(I)c2)c(N)c1. The van der Waals surface area contributed by atoms with Crippen LogP contribution in [0.2, 0.25) is 0 Å². The first-order chi connectivity index (χ1) is 9.42. The number of anilines is 3. The third-order valence-electron chi connectivity index (χ3n) is 2.71. The highest BCUT2D eigenvalue weighted by Gasteiger charge is 2.12. The molecule has 0 radical (unpaired) electrons. The van der Waals surface area contributed by atoms with Crippen molar-refractivity contribution in [2.45, 2.75) is 4.90 Å². The number of sulfonamides is 1. The molecule has 0 bridgehead atoms. The van der Waals surface area contributed by atoms with E-state index in [0.717, 1.165) is 9.26 Å². The third-order valence-corrected chi connectivity index (χ3v) is 4.79. The lowest BCUT2D eigenvalue weighted by Crippen LogP contribution is -2.18. The number of halogens is 1. The minimum atomic E-state index is -3.48. The van der Waals surface area contributed by atoms with Gasteiger partial charge in [-0.2, -0.15) is 0 Å². The summed E-state index contributed by atoms with van der Waals surface area (Å²) in [5.41, 5.74) is 7.84. The number of nitrogens with one attached hydrogen (secondary N) is 2. The normalized spacial score (nSPS) is 11.3. The largest absolute Gasteiger partial charge is 0.397 e. The van der Waals surface area contributed by atoms with Gasteiger partial charge < -0.3 is 11.1 Å². The van der Waals surface area contributed by atoms with Gasteiger partial charge in [0.15, 0.2) is 0 Å². The lowest BCUT2D eigenvalue weighted by Gasteiger charge is -2.11. The van der Waals surface area contributed by atoms with Gasteiger partial charge in [-0.15, -0.1) is 0 Å². The molecule has 2 aromatic carbocycles. The highest BCUT2D eigenvalue weighted by molar-refractivity contribution is 14.1. The molecular formula is C13H14IN3O2S. The van der Waals surface area contributed by atoms with Crippen LogP contribution < -0.4 is 15.8 Å². The number of nitrogen functional groups attached to an aromatic ring is 1. The Labute approximate surface area is 131 Å². The van der Waals surface area contributed by atoms with Crippen LogP contribution >= 0.6 is 22.6 Å². The van der Waals surface area contributed by atoms with Crippen LogP contribution in [0.1, 0.15) is 0 Å². The standard InChI is InChI=1S/C13H14IN3O2S/c1-16-20(18,19)11-5-6-13(12(15)8-11)17-10-4-2-3-9(14)7-10/h2-8,16-17H,15H2,1H3. The molecule has 2 aromatic rings. The van der Waals surface area contributed by atoms with Crippen LogP contribution in [0.4, 0.5) is 17.1 Å².